The summed E-state index contributed by atoms with van der Waals surface area (Å²) < 4.78 is 0. The minimum atomic E-state index is -0.970. The van der Waals surface area contributed by atoms with E-state index in [1.807, 2.05) is 44.4 Å². The van der Waals surface area contributed by atoms with Gasteiger partial charge in [0.2, 0.25) is 0 Å². The topological polar surface area (TPSA) is 53.4 Å². The van der Waals surface area contributed by atoms with Crippen LogP contribution < -0.4 is 4.90 Å². The van der Waals surface area contributed by atoms with Crippen molar-refractivity contribution in [2.24, 2.45) is 0 Å². The summed E-state index contributed by atoms with van der Waals surface area (Å²) in [5, 5.41) is 11.0. The Bertz CT molecular complexity index is 889. The standard InChI is InChI=1S/C18H15ClN2O2/c1-21(2)17-15(18(22)23)13-5-3-4-6-14(13)20-16(17)11-7-9-12(19)10-8-11/h3-10H,1-2H3,(H,22,23). The Labute approximate surface area is 139 Å². The van der Waals surface area contributed by atoms with Crippen LogP contribution in [0.5, 0.6) is 0 Å². The van der Waals surface area contributed by atoms with Gasteiger partial charge in [0.05, 0.1) is 22.5 Å². The van der Waals surface area contributed by atoms with E-state index in [4.69, 9.17) is 16.6 Å². The van der Waals surface area contributed by atoms with Crippen LogP contribution in [0.15, 0.2) is 48.5 Å². The van der Waals surface area contributed by atoms with Crippen LogP contribution in [0.4, 0.5) is 5.69 Å². The number of hydrogen-bond donors (Lipinski definition) is 1. The third-order valence-corrected chi connectivity index (χ3v) is 3.90. The minimum Gasteiger partial charge on any atom is -0.478 e. The van der Waals surface area contributed by atoms with Gasteiger partial charge in [0.1, 0.15) is 0 Å². The van der Waals surface area contributed by atoms with Crippen molar-refractivity contribution in [1.82, 2.24) is 4.98 Å². The fourth-order valence-corrected chi connectivity index (χ4v) is 2.79. The third kappa shape index (κ3) is 2.73. The Balaban J connectivity index is 2.43. The lowest BCUT2D eigenvalue weighted by Gasteiger charge is -2.21. The summed E-state index contributed by atoms with van der Waals surface area (Å²) in [4.78, 5) is 18.4. The van der Waals surface area contributed by atoms with E-state index in [1.165, 1.54) is 0 Å². The highest BCUT2D eigenvalue weighted by atomic mass is 35.5. The van der Waals surface area contributed by atoms with Crippen molar-refractivity contribution in [3.05, 3.63) is 59.1 Å². The van der Waals surface area contributed by atoms with E-state index in [-0.39, 0.29) is 5.56 Å². The molecular formula is C18H15ClN2O2. The average molecular weight is 327 g/mol. The van der Waals surface area contributed by atoms with Crippen LogP contribution in [0.25, 0.3) is 22.2 Å². The van der Waals surface area contributed by atoms with Crippen molar-refractivity contribution >= 4 is 34.2 Å². The molecule has 0 saturated carbocycles. The fraction of sp³-hybridized carbons (Fsp3) is 0.111. The number of aromatic carboxylic acids is 1. The van der Waals surface area contributed by atoms with Gasteiger partial charge in [-0.2, -0.15) is 0 Å². The van der Waals surface area contributed by atoms with E-state index < -0.39 is 5.97 Å². The molecule has 1 N–H and O–H groups in total. The number of rotatable bonds is 3. The number of carbonyl (C=O) groups is 1. The smallest absolute Gasteiger partial charge is 0.338 e. The number of fused-ring (bicyclic) bond motifs is 1. The average Bonchev–Trinajstić information content (AvgIpc) is 2.53. The van der Waals surface area contributed by atoms with E-state index >= 15 is 0 Å². The predicted molar refractivity (Wildman–Crippen MR) is 93.5 cm³/mol. The maximum atomic E-state index is 11.9. The Morgan fingerprint density at radius 2 is 1.74 bits per heavy atom. The van der Waals surface area contributed by atoms with Gasteiger partial charge >= 0.3 is 5.97 Å². The number of carboxylic acids is 1. The third-order valence-electron chi connectivity index (χ3n) is 3.65. The summed E-state index contributed by atoms with van der Waals surface area (Å²) in [6.45, 7) is 0. The van der Waals surface area contributed by atoms with Crippen molar-refractivity contribution in [3.8, 4) is 11.3 Å². The fourth-order valence-electron chi connectivity index (χ4n) is 2.66. The van der Waals surface area contributed by atoms with Crippen LogP contribution in [0, 0.1) is 0 Å². The van der Waals surface area contributed by atoms with Crippen LogP contribution in [0.3, 0.4) is 0 Å². The van der Waals surface area contributed by atoms with Gasteiger partial charge in [-0.05, 0) is 18.2 Å². The van der Waals surface area contributed by atoms with Crippen LogP contribution in [0.1, 0.15) is 10.4 Å². The van der Waals surface area contributed by atoms with Crippen LogP contribution in [-0.4, -0.2) is 30.2 Å². The molecule has 0 saturated heterocycles. The molecule has 5 heteroatoms. The molecule has 0 bridgehead atoms. The number of anilines is 1. The summed E-state index contributed by atoms with van der Waals surface area (Å²) in [5.74, 6) is -0.970. The summed E-state index contributed by atoms with van der Waals surface area (Å²) in [5.41, 5.74) is 2.94. The highest BCUT2D eigenvalue weighted by Gasteiger charge is 2.22. The number of hydrogen-bond acceptors (Lipinski definition) is 3. The minimum absolute atomic E-state index is 0.255. The molecule has 23 heavy (non-hydrogen) atoms. The van der Waals surface area contributed by atoms with E-state index in [2.05, 4.69) is 0 Å². The van der Waals surface area contributed by atoms with E-state index in [0.29, 0.717) is 27.3 Å². The van der Waals surface area contributed by atoms with Gasteiger partial charge in [0.25, 0.3) is 0 Å². The molecule has 3 aromatic rings. The lowest BCUT2D eigenvalue weighted by molar-refractivity contribution is 0.0699. The highest BCUT2D eigenvalue weighted by molar-refractivity contribution is 6.30. The quantitative estimate of drug-likeness (QED) is 0.778. The van der Waals surface area contributed by atoms with Crippen molar-refractivity contribution in [1.29, 1.82) is 0 Å². The number of carboxylic acid groups (broad SMARTS) is 1. The summed E-state index contributed by atoms with van der Waals surface area (Å²) >= 11 is 5.95. The molecule has 116 valence electrons. The first kappa shape index (κ1) is 15.3. The molecule has 0 amide bonds. The number of halogens is 1. The summed E-state index contributed by atoms with van der Waals surface area (Å²) in [6.07, 6.45) is 0. The molecule has 0 aliphatic heterocycles. The van der Waals surface area contributed by atoms with Crippen molar-refractivity contribution < 1.29 is 9.90 Å². The first-order chi connectivity index (χ1) is 11.0. The number of benzene rings is 2. The predicted octanol–water partition coefficient (Wildman–Crippen LogP) is 4.32. The zero-order valence-corrected chi connectivity index (χ0v) is 13.5. The van der Waals surface area contributed by atoms with E-state index in [1.54, 1.807) is 23.1 Å². The van der Waals surface area contributed by atoms with Crippen molar-refractivity contribution in [2.45, 2.75) is 0 Å². The van der Waals surface area contributed by atoms with Crippen LogP contribution in [-0.2, 0) is 0 Å². The van der Waals surface area contributed by atoms with Gasteiger partial charge in [-0.3, -0.25) is 0 Å². The molecular weight excluding hydrogens is 312 g/mol. The summed E-state index contributed by atoms with van der Waals surface area (Å²) in [6, 6.07) is 14.5. The molecule has 4 nitrogen and oxygen atoms in total. The number of pyridine rings is 1. The van der Waals surface area contributed by atoms with Gasteiger partial charge in [-0.25, -0.2) is 9.78 Å². The highest BCUT2D eigenvalue weighted by Crippen LogP contribution is 2.36. The van der Waals surface area contributed by atoms with Crippen molar-refractivity contribution in [2.75, 3.05) is 19.0 Å². The second kappa shape index (κ2) is 5.89. The van der Waals surface area contributed by atoms with Crippen LogP contribution in [0.2, 0.25) is 5.02 Å². The van der Waals surface area contributed by atoms with E-state index in [9.17, 15) is 9.90 Å². The molecule has 0 spiro atoms. The Morgan fingerprint density at radius 1 is 1.09 bits per heavy atom. The second-order valence-corrected chi connectivity index (χ2v) is 5.84. The monoisotopic (exact) mass is 326 g/mol. The van der Waals surface area contributed by atoms with E-state index in [0.717, 1.165) is 5.56 Å². The Morgan fingerprint density at radius 3 is 2.35 bits per heavy atom. The number of aromatic nitrogens is 1. The molecule has 3 rings (SSSR count). The van der Waals surface area contributed by atoms with Gasteiger partial charge < -0.3 is 10.0 Å². The second-order valence-electron chi connectivity index (χ2n) is 5.41. The van der Waals surface area contributed by atoms with Gasteiger partial charge in [0.15, 0.2) is 0 Å². The SMILES string of the molecule is CN(C)c1c(-c2ccc(Cl)cc2)nc2ccccc2c1C(=O)O. The maximum absolute atomic E-state index is 11.9. The first-order valence-electron chi connectivity index (χ1n) is 7.08. The molecule has 0 fully saturated rings. The van der Waals surface area contributed by atoms with Gasteiger partial charge in [-0.15, -0.1) is 0 Å². The number of nitrogens with zero attached hydrogens (tertiary/aromatic N) is 2. The summed E-state index contributed by atoms with van der Waals surface area (Å²) in [7, 11) is 3.63. The normalized spacial score (nSPS) is 10.7. The van der Waals surface area contributed by atoms with Gasteiger partial charge in [0, 0.05) is 30.1 Å². The molecule has 0 aliphatic rings. The number of para-hydroxylation sites is 1. The van der Waals surface area contributed by atoms with Gasteiger partial charge in [-0.1, -0.05) is 41.9 Å². The molecule has 0 radical (unpaired) electrons. The van der Waals surface area contributed by atoms with Crippen LogP contribution >= 0.6 is 11.6 Å². The largest absolute Gasteiger partial charge is 0.478 e. The molecule has 0 atom stereocenters. The lowest BCUT2D eigenvalue weighted by atomic mass is 10.0. The molecule has 2 aromatic carbocycles. The van der Waals surface area contributed by atoms with Crippen molar-refractivity contribution in [3.63, 3.8) is 0 Å². The molecule has 1 aromatic heterocycles. The lowest BCUT2D eigenvalue weighted by Crippen LogP contribution is -2.16. The molecule has 0 unspecified atom stereocenters. The zero-order chi connectivity index (χ0) is 16.6. The maximum Gasteiger partial charge on any atom is 0.338 e. The first-order valence-corrected chi connectivity index (χ1v) is 7.46. The molecule has 1 heterocycles. The zero-order valence-electron chi connectivity index (χ0n) is 12.7. The Kier molecular flexibility index (Phi) is 3.92. The molecule has 0 aliphatic carbocycles. The Hall–Kier alpha value is -2.59.